The molecule has 0 aromatic carbocycles. The number of H-pyrrole nitrogens is 1. The molecule has 1 N–H and O–H groups in total. The van der Waals surface area contributed by atoms with Crippen LogP contribution in [0.4, 0.5) is 13.2 Å². The summed E-state index contributed by atoms with van der Waals surface area (Å²) in [5.41, 5.74) is -0.924. The lowest BCUT2D eigenvalue weighted by Gasteiger charge is -1.97. The van der Waals surface area contributed by atoms with E-state index in [4.69, 9.17) is 11.6 Å². The van der Waals surface area contributed by atoms with E-state index < -0.39 is 11.9 Å². The number of aromatic amines is 1. The molecular weight excluding hydrogens is 181 g/mol. The summed E-state index contributed by atoms with van der Waals surface area (Å²) >= 11 is 5.22. The monoisotopic (exact) mass is 183 g/mol. The molecule has 0 amide bonds. The maximum absolute atomic E-state index is 11.8. The molecule has 0 bridgehead atoms. The summed E-state index contributed by atoms with van der Waals surface area (Å²) < 4.78 is 35.3. The number of hydrogen-bond donors (Lipinski definition) is 1. The Morgan fingerprint density at radius 3 is 2.45 bits per heavy atom. The first kappa shape index (κ1) is 8.39. The first-order valence-electron chi connectivity index (χ1n) is 2.63. The van der Waals surface area contributed by atoms with Gasteiger partial charge in [-0.2, -0.15) is 18.3 Å². The third kappa shape index (κ3) is 1.86. The zero-order valence-corrected chi connectivity index (χ0v) is 5.92. The van der Waals surface area contributed by atoms with E-state index in [-0.39, 0.29) is 11.6 Å². The molecule has 1 rings (SSSR count). The van der Waals surface area contributed by atoms with Crippen molar-refractivity contribution in [1.82, 2.24) is 10.2 Å². The third-order valence-electron chi connectivity index (χ3n) is 0.974. The van der Waals surface area contributed by atoms with Gasteiger partial charge in [0.2, 0.25) is 0 Å². The summed E-state index contributed by atoms with van der Waals surface area (Å²) in [7, 11) is 0. The average Bonchev–Trinajstić information content (AvgIpc) is 2.32. The Hall–Kier alpha value is -0.710. The van der Waals surface area contributed by atoms with Crippen molar-refractivity contribution >= 4 is 11.6 Å². The van der Waals surface area contributed by atoms with Crippen molar-refractivity contribution in [1.29, 1.82) is 0 Å². The zero-order chi connectivity index (χ0) is 8.48. The standard InChI is InChI=1S/C5H3ClF3N2/c6-2-3-1-4(11-10-3)5(7,8)9/h2H2,(H,10,11). The summed E-state index contributed by atoms with van der Waals surface area (Å²) in [5, 5.41) is 5.07. The second kappa shape index (κ2) is 2.73. The van der Waals surface area contributed by atoms with E-state index in [9.17, 15) is 13.2 Å². The van der Waals surface area contributed by atoms with Crippen LogP contribution in [0.15, 0.2) is 0 Å². The quantitative estimate of drug-likeness (QED) is 0.663. The van der Waals surface area contributed by atoms with Gasteiger partial charge in [0.15, 0.2) is 5.69 Å². The lowest BCUT2D eigenvalue weighted by Crippen LogP contribution is -2.05. The molecule has 61 valence electrons. The highest BCUT2D eigenvalue weighted by Crippen LogP contribution is 2.27. The van der Waals surface area contributed by atoms with Gasteiger partial charge in [0.05, 0.1) is 11.6 Å². The molecule has 0 aliphatic heterocycles. The minimum absolute atomic E-state index is 0.0525. The molecule has 0 unspecified atom stereocenters. The van der Waals surface area contributed by atoms with E-state index in [1.807, 2.05) is 6.07 Å². The lowest BCUT2D eigenvalue weighted by atomic mass is 10.4. The van der Waals surface area contributed by atoms with Gasteiger partial charge in [-0.25, -0.2) is 0 Å². The fraction of sp³-hybridized carbons (Fsp3) is 0.400. The van der Waals surface area contributed by atoms with Gasteiger partial charge in [-0.05, 0) is 0 Å². The molecule has 0 saturated carbocycles. The van der Waals surface area contributed by atoms with Crippen molar-refractivity contribution in [2.75, 3.05) is 0 Å². The van der Waals surface area contributed by atoms with Crippen LogP contribution in [0.1, 0.15) is 11.4 Å². The van der Waals surface area contributed by atoms with Gasteiger partial charge < -0.3 is 0 Å². The molecule has 6 heteroatoms. The first-order valence-corrected chi connectivity index (χ1v) is 3.17. The van der Waals surface area contributed by atoms with Gasteiger partial charge in [-0.3, -0.25) is 5.10 Å². The third-order valence-corrected chi connectivity index (χ3v) is 1.24. The largest absolute Gasteiger partial charge is 0.435 e. The molecule has 1 radical (unpaired) electrons. The van der Waals surface area contributed by atoms with E-state index in [2.05, 4.69) is 10.2 Å². The highest BCUT2D eigenvalue weighted by Gasteiger charge is 2.34. The molecular formula is C5H3ClF3N2. The van der Waals surface area contributed by atoms with Gasteiger partial charge in [0.25, 0.3) is 0 Å². The Morgan fingerprint density at radius 2 is 2.18 bits per heavy atom. The minimum atomic E-state index is -4.44. The van der Waals surface area contributed by atoms with Gasteiger partial charge in [-0.1, -0.05) is 0 Å². The number of hydrogen-bond acceptors (Lipinski definition) is 1. The minimum Gasteiger partial charge on any atom is -0.280 e. The fourth-order valence-electron chi connectivity index (χ4n) is 0.520. The number of halogens is 4. The number of alkyl halides is 4. The Labute approximate surface area is 65.4 Å². The maximum Gasteiger partial charge on any atom is 0.435 e. The molecule has 0 spiro atoms. The zero-order valence-electron chi connectivity index (χ0n) is 5.17. The topological polar surface area (TPSA) is 28.7 Å². The number of nitrogens with zero attached hydrogens (tertiary/aromatic N) is 1. The van der Waals surface area contributed by atoms with Crippen molar-refractivity contribution in [3.63, 3.8) is 0 Å². The molecule has 0 saturated heterocycles. The van der Waals surface area contributed by atoms with Gasteiger partial charge in [-0.15, -0.1) is 11.6 Å². The number of aromatic nitrogens is 2. The van der Waals surface area contributed by atoms with Crippen LogP contribution in [0.2, 0.25) is 0 Å². The Bertz CT molecular complexity index is 242. The smallest absolute Gasteiger partial charge is 0.280 e. The van der Waals surface area contributed by atoms with Crippen LogP contribution < -0.4 is 0 Å². The van der Waals surface area contributed by atoms with E-state index >= 15 is 0 Å². The summed E-state index contributed by atoms with van der Waals surface area (Å²) in [6.07, 6.45) is -4.44. The van der Waals surface area contributed by atoms with Crippen molar-refractivity contribution in [2.24, 2.45) is 0 Å². The Kier molecular flexibility index (Phi) is 2.08. The second-order valence-corrected chi connectivity index (χ2v) is 2.07. The highest BCUT2D eigenvalue weighted by atomic mass is 35.5. The molecule has 2 nitrogen and oxygen atoms in total. The average molecular weight is 184 g/mol. The number of rotatable bonds is 1. The molecule has 11 heavy (non-hydrogen) atoms. The summed E-state index contributed by atoms with van der Waals surface area (Å²) in [4.78, 5) is 0. The van der Waals surface area contributed by atoms with Gasteiger partial charge in [0.1, 0.15) is 0 Å². The molecule has 1 aromatic rings. The van der Waals surface area contributed by atoms with E-state index in [0.717, 1.165) is 0 Å². The van der Waals surface area contributed by atoms with Crippen LogP contribution in [-0.4, -0.2) is 10.2 Å². The lowest BCUT2D eigenvalue weighted by molar-refractivity contribution is -0.141. The van der Waals surface area contributed by atoms with Crippen LogP contribution in [0.3, 0.4) is 0 Å². The molecule has 1 aromatic heterocycles. The molecule has 0 fully saturated rings. The molecule has 0 aliphatic carbocycles. The molecule has 0 aliphatic rings. The fourth-order valence-corrected chi connectivity index (χ4v) is 0.646. The SMILES string of the molecule is FC(F)(F)c1[c]c(CCl)[nH]n1. The summed E-state index contributed by atoms with van der Waals surface area (Å²) in [5.74, 6) is -0.0525. The van der Waals surface area contributed by atoms with Crippen molar-refractivity contribution < 1.29 is 13.2 Å². The molecule has 1 heterocycles. The van der Waals surface area contributed by atoms with Crippen molar-refractivity contribution in [3.05, 3.63) is 17.5 Å². The van der Waals surface area contributed by atoms with E-state index in [1.54, 1.807) is 0 Å². The van der Waals surface area contributed by atoms with Crippen molar-refractivity contribution in [2.45, 2.75) is 12.1 Å². The normalized spacial score (nSPS) is 12.0. The first-order chi connectivity index (χ1) is 5.04. The van der Waals surface area contributed by atoms with Crippen LogP contribution in [-0.2, 0) is 12.1 Å². The van der Waals surface area contributed by atoms with Crippen LogP contribution >= 0.6 is 11.6 Å². The second-order valence-electron chi connectivity index (χ2n) is 1.81. The van der Waals surface area contributed by atoms with Crippen LogP contribution in [0.5, 0.6) is 0 Å². The highest BCUT2D eigenvalue weighted by molar-refractivity contribution is 6.16. The maximum atomic E-state index is 11.8. The number of nitrogens with one attached hydrogen (secondary N) is 1. The van der Waals surface area contributed by atoms with Crippen LogP contribution in [0.25, 0.3) is 0 Å². The summed E-state index contributed by atoms with van der Waals surface area (Å²) in [6, 6.07) is 1.98. The predicted molar refractivity (Wildman–Crippen MR) is 32.0 cm³/mol. The van der Waals surface area contributed by atoms with Crippen molar-refractivity contribution in [3.8, 4) is 0 Å². The molecule has 0 atom stereocenters. The summed E-state index contributed by atoms with van der Waals surface area (Å²) in [6.45, 7) is 0. The van der Waals surface area contributed by atoms with Crippen LogP contribution in [0, 0.1) is 6.07 Å². The van der Waals surface area contributed by atoms with E-state index in [0.29, 0.717) is 0 Å². The Morgan fingerprint density at radius 1 is 1.55 bits per heavy atom. The predicted octanol–water partition coefficient (Wildman–Crippen LogP) is 1.97. The Balaban J connectivity index is 2.89. The van der Waals surface area contributed by atoms with E-state index in [1.165, 1.54) is 0 Å². The van der Waals surface area contributed by atoms with Gasteiger partial charge in [0, 0.05) is 6.07 Å². The van der Waals surface area contributed by atoms with Gasteiger partial charge >= 0.3 is 6.18 Å².